The van der Waals surface area contributed by atoms with Gasteiger partial charge in [-0.25, -0.2) is 18.4 Å². The van der Waals surface area contributed by atoms with Crippen molar-refractivity contribution in [3.05, 3.63) is 66.5 Å². The van der Waals surface area contributed by atoms with Crippen LogP contribution in [0.4, 0.5) is 0 Å². The van der Waals surface area contributed by atoms with E-state index in [0.717, 1.165) is 11.1 Å². The minimum Gasteiger partial charge on any atom is -0.415 e. The molecule has 1 aliphatic rings. The molecule has 0 aliphatic carbocycles. The highest BCUT2D eigenvalue weighted by Gasteiger charge is 2.29. The van der Waals surface area contributed by atoms with Gasteiger partial charge in [0.15, 0.2) is 5.03 Å². The molecule has 0 spiro atoms. The van der Waals surface area contributed by atoms with Crippen LogP contribution in [0.2, 0.25) is 0 Å². The van der Waals surface area contributed by atoms with E-state index in [1.807, 2.05) is 43.3 Å². The Balaban J connectivity index is 1.39. The van der Waals surface area contributed by atoms with Crippen LogP contribution in [-0.2, 0) is 17.1 Å². The Morgan fingerprint density at radius 3 is 2.55 bits per heavy atom. The Kier molecular flexibility index (Phi) is 5.35. The van der Waals surface area contributed by atoms with Crippen molar-refractivity contribution in [2.75, 3.05) is 13.1 Å². The monoisotopic (exact) mass is 463 g/mol. The first-order chi connectivity index (χ1) is 15.9. The minimum atomic E-state index is -3.64. The molecule has 11 heteroatoms. The van der Waals surface area contributed by atoms with Gasteiger partial charge < -0.3 is 8.98 Å². The van der Waals surface area contributed by atoms with Gasteiger partial charge in [-0.3, -0.25) is 4.98 Å². The van der Waals surface area contributed by atoms with E-state index in [4.69, 9.17) is 9.40 Å². The van der Waals surface area contributed by atoms with Crippen LogP contribution in [0.5, 0.6) is 0 Å². The summed E-state index contributed by atoms with van der Waals surface area (Å²) in [6.07, 6.45) is 7.02. The quantitative estimate of drug-likeness (QED) is 0.443. The van der Waals surface area contributed by atoms with Crippen molar-refractivity contribution in [2.45, 2.75) is 18.4 Å². The van der Waals surface area contributed by atoms with Gasteiger partial charge in [0.25, 0.3) is 15.9 Å². The topological polar surface area (TPSA) is 120 Å². The van der Waals surface area contributed by atoms with Gasteiger partial charge in [-0.15, -0.1) is 10.2 Å². The highest BCUT2D eigenvalue weighted by molar-refractivity contribution is 7.89. The summed E-state index contributed by atoms with van der Waals surface area (Å²) < 4.78 is 34.5. The first-order valence-electron chi connectivity index (χ1n) is 10.3. The van der Waals surface area contributed by atoms with Gasteiger partial charge in [0.2, 0.25) is 5.89 Å². The summed E-state index contributed by atoms with van der Waals surface area (Å²) in [5.74, 6) is 0.695. The molecule has 0 radical (unpaired) electrons. The fourth-order valence-electron chi connectivity index (χ4n) is 3.58. The van der Waals surface area contributed by atoms with Crippen LogP contribution in [0.1, 0.15) is 17.8 Å². The summed E-state index contributed by atoms with van der Waals surface area (Å²) in [5, 5.41) is 8.33. The lowest BCUT2D eigenvalue weighted by atomic mass is 10.1. The molecule has 0 fully saturated rings. The fourth-order valence-corrected chi connectivity index (χ4v) is 4.93. The molecule has 0 amide bonds. The largest absolute Gasteiger partial charge is 0.415 e. The molecule has 0 N–H and O–H groups in total. The van der Waals surface area contributed by atoms with Crippen LogP contribution >= 0.6 is 0 Å². The highest BCUT2D eigenvalue weighted by atomic mass is 32.2. The van der Waals surface area contributed by atoms with Crippen molar-refractivity contribution in [3.63, 3.8) is 0 Å². The summed E-state index contributed by atoms with van der Waals surface area (Å²) in [6.45, 7) is 2.39. The van der Waals surface area contributed by atoms with Crippen LogP contribution in [0, 0.1) is 6.92 Å². The van der Waals surface area contributed by atoms with E-state index in [9.17, 15) is 8.42 Å². The van der Waals surface area contributed by atoms with Crippen molar-refractivity contribution >= 4 is 15.6 Å². The lowest BCUT2D eigenvalue weighted by Crippen LogP contribution is -2.35. The standard InChI is InChI=1S/C22H21N7O3S/c1-15-20(22-27-26-21(32-22)17-6-4-3-5-7-17)25-18(12-23-15)16-8-10-29(11-9-16)33(30,31)19-13-28(2)14-24-19/h3-8,12-14H,9-11H2,1-2H3. The third-order valence-corrected chi connectivity index (χ3v) is 7.14. The van der Waals surface area contributed by atoms with E-state index in [1.54, 1.807) is 17.8 Å². The maximum atomic E-state index is 12.8. The van der Waals surface area contributed by atoms with Crippen molar-refractivity contribution in [3.8, 4) is 23.0 Å². The number of benzene rings is 1. The smallest absolute Gasteiger partial charge is 0.268 e. The minimum absolute atomic E-state index is 0.0462. The molecule has 4 heterocycles. The van der Waals surface area contributed by atoms with Gasteiger partial charge in [0.1, 0.15) is 5.69 Å². The van der Waals surface area contributed by atoms with E-state index >= 15 is 0 Å². The first-order valence-corrected chi connectivity index (χ1v) is 11.8. The molecule has 1 aromatic carbocycles. The summed E-state index contributed by atoms with van der Waals surface area (Å²) in [5.41, 5.74) is 3.57. The number of aromatic nitrogens is 6. The highest BCUT2D eigenvalue weighted by Crippen LogP contribution is 2.28. The zero-order valence-corrected chi connectivity index (χ0v) is 18.9. The SMILES string of the molecule is Cc1ncc(C2=CCN(S(=O)(=O)c3cn(C)cn3)CC2)nc1-c1nnc(-c2ccccc2)o1. The molecule has 3 aromatic heterocycles. The Labute approximate surface area is 190 Å². The van der Waals surface area contributed by atoms with E-state index in [2.05, 4.69) is 20.2 Å². The molecule has 4 aromatic rings. The molecule has 1 aliphatic heterocycles. The predicted octanol–water partition coefficient (Wildman–Crippen LogP) is 2.71. The Hall–Kier alpha value is -3.70. The van der Waals surface area contributed by atoms with Crippen LogP contribution in [-0.4, -0.2) is 55.5 Å². The molecule has 0 saturated carbocycles. The molecule has 0 saturated heterocycles. The van der Waals surface area contributed by atoms with E-state index in [-0.39, 0.29) is 17.5 Å². The van der Waals surface area contributed by atoms with Gasteiger partial charge >= 0.3 is 0 Å². The molecule has 168 valence electrons. The molecule has 10 nitrogen and oxygen atoms in total. The second-order valence-corrected chi connectivity index (χ2v) is 9.57. The number of hydrogen-bond acceptors (Lipinski definition) is 8. The van der Waals surface area contributed by atoms with Crippen molar-refractivity contribution in [1.29, 1.82) is 0 Å². The molecule has 5 rings (SSSR count). The average molecular weight is 464 g/mol. The van der Waals surface area contributed by atoms with Crippen LogP contribution in [0.3, 0.4) is 0 Å². The van der Waals surface area contributed by atoms with Crippen LogP contribution in [0.15, 0.2) is 64.6 Å². The number of hydrogen-bond donors (Lipinski definition) is 0. The number of aryl methyl sites for hydroxylation is 2. The Bertz CT molecular complexity index is 1440. The van der Waals surface area contributed by atoms with Crippen LogP contribution in [0.25, 0.3) is 28.6 Å². The van der Waals surface area contributed by atoms with Crippen molar-refractivity contribution in [1.82, 2.24) is 34.0 Å². The zero-order chi connectivity index (χ0) is 23.0. The summed E-state index contributed by atoms with van der Waals surface area (Å²) >= 11 is 0. The van der Waals surface area contributed by atoms with Gasteiger partial charge in [-0.2, -0.15) is 4.31 Å². The number of rotatable bonds is 5. The molecule has 0 bridgehead atoms. The van der Waals surface area contributed by atoms with Gasteiger partial charge in [-0.1, -0.05) is 24.3 Å². The molecular weight excluding hydrogens is 442 g/mol. The number of nitrogens with zero attached hydrogens (tertiary/aromatic N) is 7. The third kappa shape index (κ3) is 4.08. The first kappa shape index (κ1) is 21.2. The molecule has 0 atom stereocenters. The normalized spacial score (nSPS) is 14.9. The second kappa shape index (κ2) is 8.34. The molecule has 33 heavy (non-hydrogen) atoms. The summed E-state index contributed by atoms with van der Waals surface area (Å²) in [4.78, 5) is 13.2. The lowest BCUT2D eigenvalue weighted by Gasteiger charge is -2.24. The van der Waals surface area contributed by atoms with Gasteiger partial charge in [-0.05, 0) is 31.1 Å². The fraction of sp³-hybridized carbons (Fsp3) is 0.227. The zero-order valence-electron chi connectivity index (χ0n) is 18.1. The summed E-state index contributed by atoms with van der Waals surface area (Å²) in [7, 11) is -1.90. The maximum absolute atomic E-state index is 12.8. The van der Waals surface area contributed by atoms with Crippen LogP contribution < -0.4 is 0 Å². The Morgan fingerprint density at radius 1 is 1.06 bits per heavy atom. The van der Waals surface area contributed by atoms with Crippen molar-refractivity contribution < 1.29 is 12.8 Å². The van der Waals surface area contributed by atoms with Gasteiger partial charge in [0.05, 0.1) is 23.9 Å². The van der Waals surface area contributed by atoms with Crippen molar-refractivity contribution in [2.24, 2.45) is 7.05 Å². The summed E-state index contributed by atoms with van der Waals surface area (Å²) in [6, 6.07) is 9.50. The lowest BCUT2D eigenvalue weighted by molar-refractivity contribution is 0.439. The molecule has 0 unspecified atom stereocenters. The third-order valence-electron chi connectivity index (χ3n) is 5.39. The number of sulfonamides is 1. The van der Waals surface area contributed by atoms with E-state index < -0.39 is 10.0 Å². The predicted molar refractivity (Wildman–Crippen MR) is 120 cm³/mol. The van der Waals surface area contributed by atoms with E-state index in [0.29, 0.717) is 35.9 Å². The second-order valence-electron chi connectivity index (χ2n) is 7.69. The number of imidazole rings is 1. The average Bonchev–Trinajstić information content (AvgIpc) is 3.50. The Morgan fingerprint density at radius 2 is 1.85 bits per heavy atom. The van der Waals surface area contributed by atoms with Gasteiger partial charge in [0, 0.05) is 31.9 Å². The molecular formula is C22H21N7O3S. The van der Waals surface area contributed by atoms with E-state index in [1.165, 1.54) is 16.8 Å². The maximum Gasteiger partial charge on any atom is 0.268 e.